The first-order valence-corrected chi connectivity index (χ1v) is 13.0. The highest BCUT2D eigenvalue weighted by Gasteiger charge is 2.27. The molecule has 0 N–H and O–H groups in total. The molecular formula is C28H36N2O5S. The molecule has 0 aliphatic carbocycles. The molecule has 2 aromatic rings. The van der Waals surface area contributed by atoms with Crippen LogP contribution in [0, 0.1) is 0 Å². The first-order chi connectivity index (χ1) is 17.3. The first-order valence-electron chi connectivity index (χ1n) is 12.1. The number of ketones is 1. The monoisotopic (exact) mass is 512 g/mol. The van der Waals surface area contributed by atoms with Gasteiger partial charge in [0.2, 0.25) is 11.7 Å². The lowest BCUT2D eigenvalue weighted by Gasteiger charge is -2.37. The molecule has 0 aromatic heterocycles. The Morgan fingerprint density at radius 1 is 0.889 bits per heavy atom. The van der Waals surface area contributed by atoms with E-state index in [1.807, 2.05) is 31.2 Å². The van der Waals surface area contributed by atoms with E-state index in [0.717, 1.165) is 11.1 Å². The standard InChI is InChI=1S/C28H36N2O5S/c1-19(2)36-23-10-8-22(9-11-23)27(32)20(3)29-13-15-30(16-14-29)26(31)12-7-21-17-24(33-4)28(35-6)25(18-21)34-5/h7-12,17-20H,13-16H2,1-6H3/b12-7+. The van der Waals surface area contributed by atoms with Crippen LogP contribution in [-0.2, 0) is 4.79 Å². The third kappa shape index (κ3) is 6.83. The summed E-state index contributed by atoms with van der Waals surface area (Å²) in [5.41, 5.74) is 1.50. The van der Waals surface area contributed by atoms with E-state index in [2.05, 4.69) is 18.7 Å². The van der Waals surface area contributed by atoms with E-state index in [9.17, 15) is 9.59 Å². The van der Waals surface area contributed by atoms with Crippen LogP contribution in [0.2, 0.25) is 0 Å². The molecule has 36 heavy (non-hydrogen) atoms. The van der Waals surface area contributed by atoms with E-state index in [1.165, 1.54) is 4.90 Å². The van der Waals surface area contributed by atoms with Gasteiger partial charge in [-0.25, -0.2) is 0 Å². The fourth-order valence-corrected chi connectivity index (χ4v) is 5.01. The summed E-state index contributed by atoms with van der Waals surface area (Å²) in [6.07, 6.45) is 3.30. The second kappa shape index (κ2) is 12.8. The van der Waals surface area contributed by atoms with Crippen molar-refractivity contribution in [1.82, 2.24) is 9.80 Å². The summed E-state index contributed by atoms with van der Waals surface area (Å²) in [5, 5.41) is 0.501. The minimum absolute atomic E-state index is 0.0689. The van der Waals surface area contributed by atoms with Gasteiger partial charge >= 0.3 is 0 Å². The van der Waals surface area contributed by atoms with Gasteiger partial charge in [0.05, 0.1) is 27.4 Å². The summed E-state index contributed by atoms with van der Waals surface area (Å²) in [6, 6.07) is 11.2. The molecule has 1 aliphatic rings. The number of amides is 1. The molecule has 1 fully saturated rings. The van der Waals surface area contributed by atoms with Gasteiger partial charge in [-0.1, -0.05) is 26.0 Å². The number of carbonyl (C=O) groups excluding carboxylic acids is 2. The average molecular weight is 513 g/mol. The number of nitrogens with zero attached hydrogens (tertiary/aromatic N) is 2. The topological polar surface area (TPSA) is 68.3 Å². The molecule has 0 bridgehead atoms. The number of benzene rings is 2. The Kier molecular flexibility index (Phi) is 9.84. The zero-order valence-electron chi connectivity index (χ0n) is 21.9. The van der Waals surface area contributed by atoms with Crippen molar-refractivity contribution in [2.45, 2.75) is 37.0 Å². The number of piperazine rings is 1. The van der Waals surface area contributed by atoms with Gasteiger partial charge in [0.1, 0.15) is 0 Å². The number of hydrogen-bond acceptors (Lipinski definition) is 7. The smallest absolute Gasteiger partial charge is 0.246 e. The molecule has 194 valence electrons. The van der Waals surface area contributed by atoms with E-state index in [4.69, 9.17) is 14.2 Å². The van der Waals surface area contributed by atoms with Crippen LogP contribution in [0.1, 0.15) is 36.7 Å². The van der Waals surface area contributed by atoms with Crippen molar-refractivity contribution < 1.29 is 23.8 Å². The largest absolute Gasteiger partial charge is 0.493 e. The highest BCUT2D eigenvalue weighted by atomic mass is 32.2. The molecule has 3 rings (SSSR count). The molecule has 0 saturated carbocycles. The lowest BCUT2D eigenvalue weighted by molar-refractivity contribution is -0.127. The summed E-state index contributed by atoms with van der Waals surface area (Å²) >= 11 is 1.78. The lowest BCUT2D eigenvalue weighted by Crippen LogP contribution is -2.52. The van der Waals surface area contributed by atoms with Crippen LogP contribution in [0.3, 0.4) is 0 Å². The summed E-state index contributed by atoms with van der Waals surface area (Å²) in [4.78, 5) is 31.0. The predicted octanol–water partition coefficient (Wildman–Crippen LogP) is 4.64. The Morgan fingerprint density at radius 2 is 1.47 bits per heavy atom. The highest BCUT2D eigenvalue weighted by Crippen LogP contribution is 2.38. The third-order valence-electron chi connectivity index (χ3n) is 6.17. The van der Waals surface area contributed by atoms with Crippen molar-refractivity contribution in [3.8, 4) is 17.2 Å². The Balaban J connectivity index is 1.57. The molecule has 1 unspecified atom stereocenters. The van der Waals surface area contributed by atoms with Crippen molar-refractivity contribution >= 4 is 29.5 Å². The van der Waals surface area contributed by atoms with Crippen LogP contribution in [0.15, 0.2) is 47.4 Å². The van der Waals surface area contributed by atoms with Gasteiger partial charge in [0.15, 0.2) is 17.3 Å². The molecule has 7 nitrogen and oxygen atoms in total. The lowest BCUT2D eigenvalue weighted by atomic mass is 10.0. The van der Waals surface area contributed by atoms with E-state index in [-0.39, 0.29) is 17.7 Å². The molecule has 8 heteroatoms. The molecule has 0 radical (unpaired) electrons. The number of methoxy groups -OCH3 is 3. The zero-order chi connectivity index (χ0) is 26.2. The molecule has 1 aliphatic heterocycles. The maximum Gasteiger partial charge on any atom is 0.246 e. The maximum absolute atomic E-state index is 13.0. The Bertz CT molecular complexity index is 1050. The highest BCUT2D eigenvalue weighted by molar-refractivity contribution is 7.99. The summed E-state index contributed by atoms with van der Waals surface area (Å²) < 4.78 is 16.1. The molecule has 1 heterocycles. The second-order valence-corrected chi connectivity index (χ2v) is 10.5. The number of ether oxygens (including phenoxy) is 3. The van der Waals surface area contributed by atoms with Crippen molar-refractivity contribution in [2.24, 2.45) is 0 Å². The normalized spacial score (nSPS) is 15.2. The van der Waals surface area contributed by atoms with Crippen molar-refractivity contribution in [2.75, 3.05) is 47.5 Å². The zero-order valence-corrected chi connectivity index (χ0v) is 22.8. The van der Waals surface area contributed by atoms with Crippen LogP contribution in [0.5, 0.6) is 17.2 Å². The molecule has 1 amide bonds. The van der Waals surface area contributed by atoms with Crippen molar-refractivity contribution in [3.63, 3.8) is 0 Å². The molecule has 0 spiro atoms. The van der Waals surface area contributed by atoms with Crippen molar-refractivity contribution in [1.29, 1.82) is 0 Å². The summed E-state index contributed by atoms with van der Waals surface area (Å²) in [5.74, 6) is 1.61. The fraction of sp³-hybridized carbons (Fsp3) is 0.429. The van der Waals surface area contributed by atoms with Gasteiger partial charge in [-0.05, 0) is 42.8 Å². The van der Waals surface area contributed by atoms with E-state index >= 15 is 0 Å². The Hall–Kier alpha value is -2.97. The van der Waals surface area contributed by atoms with Gasteiger partial charge < -0.3 is 19.1 Å². The number of Topliss-reactive ketones (excluding diaryl/α,β-unsaturated/α-hetero) is 1. The number of rotatable bonds is 10. The van der Waals surface area contributed by atoms with E-state index in [0.29, 0.717) is 48.7 Å². The molecule has 1 atom stereocenters. The van der Waals surface area contributed by atoms with Crippen LogP contribution < -0.4 is 14.2 Å². The van der Waals surface area contributed by atoms with Gasteiger partial charge in [-0.3, -0.25) is 14.5 Å². The number of thioether (sulfide) groups is 1. The maximum atomic E-state index is 13.0. The van der Waals surface area contributed by atoms with Crippen LogP contribution in [0.4, 0.5) is 0 Å². The molecular weight excluding hydrogens is 476 g/mol. The summed E-state index contributed by atoms with van der Waals surface area (Å²) in [7, 11) is 4.67. The van der Waals surface area contributed by atoms with Gasteiger partial charge in [-0.15, -0.1) is 11.8 Å². The van der Waals surface area contributed by atoms with Crippen LogP contribution in [0.25, 0.3) is 6.08 Å². The van der Waals surface area contributed by atoms with Crippen LogP contribution >= 0.6 is 11.8 Å². The molecule has 2 aromatic carbocycles. The minimum atomic E-state index is -0.236. The van der Waals surface area contributed by atoms with Crippen LogP contribution in [-0.4, -0.2) is 80.3 Å². The predicted molar refractivity (Wildman–Crippen MR) is 145 cm³/mol. The minimum Gasteiger partial charge on any atom is -0.493 e. The molecule has 1 saturated heterocycles. The van der Waals surface area contributed by atoms with Gasteiger partial charge in [0, 0.05) is 48.0 Å². The van der Waals surface area contributed by atoms with E-state index in [1.54, 1.807) is 62.3 Å². The average Bonchev–Trinajstić information content (AvgIpc) is 2.90. The first kappa shape index (κ1) is 27.6. The second-order valence-electron chi connectivity index (χ2n) is 8.88. The van der Waals surface area contributed by atoms with Gasteiger partial charge in [-0.2, -0.15) is 0 Å². The number of hydrogen-bond donors (Lipinski definition) is 0. The Labute approximate surface area is 218 Å². The SMILES string of the molecule is COc1cc(/C=C/C(=O)N2CCN(C(C)C(=O)c3ccc(SC(C)C)cc3)CC2)cc(OC)c1OC. The van der Waals surface area contributed by atoms with Gasteiger partial charge in [0.25, 0.3) is 0 Å². The summed E-state index contributed by atoms with van der Waals surface area (Å²) in [6.45, 7) is 8.69. The van der Waals surface area contributed by atoms with Crippen molar-refractivity contribution in [3.05, 3.63) is 53.6 Å². The third-order valence-corrected chi connectivity index (χ3v) is 7.18. The fourth-order valence-electron chi connectivity index (χ4n) is 4.18. The number of carbonyl (C=O) groups is 2. The van der Waals surface area contributed by atoms with E-state index < -0.39 is 0 Å². The quantitative estimate of drug-likeness (QED) is 0.261. The Morgan fingerprint density at radius 3 is 1.97 bits per heavy atom.